The predicted octanol–water partition coefficient (Wildman–Crippen LogP) is 3.22. The summed E-state index contributed by atoms with van der Waals surface area (Å²) in [5.74, 6) is -1.53. The Kier molecular flexibility index (Phi) is 7.59. The molecule has 0 saturated heterocycles. The quantitative estimate of drug-likeness (QED) is 0.347. The van der Waals surface area contributed by atoms with Crippen LogP contribution in [0.5, 0.6) is 0 Å². The zero-order chi connectivity index (χ0) is 16.5. The molecule has 0 aromatic carbocycles. The number of aryl methyl sites for hydroxylation is 1. The number of carbonyl (C=O) groups is 2. The lowest BCUT2D eigenvalue weighted by Crippen LogP contribution is -2.04. The molecule has 122 valence electrons. The number of oxime groups is 1. The average Bonchev–Trinajstić information content (AvgIpc) is 2.89. The van der Waals surface area contributed by atoms with Gasteiger partial charge in [0.25, 0.3) is 0 Å². The lowest BCUT2D eigenvalue weighted by Gasteiger charge is -2.06. The van der Waals surface area contributed by atoms with Crippen molar-refractivity contribution in [2.24, 2.45) is 11.1 Å². The van der Waals surface area contributed by atoms with Gasteiger partial charge in [-0.1, -0.05) is 12.1 Å². The largest absolute Gasteiger partial charge is 0.481 e. The van der Waals surface area contributed by atoms with Gasteiger partial charge < -0.3 is 15.4 Å². The second-order valence-corrected chi connectivity index (χ2v) is 6.47. The predicted molar refractivity (Wildman–Crippen MR) is 83.9 cm³/mol. The van der Waals surface area contributed by atoms with E-state index < -0.39 is 11.9 Å². The van der Waals surface area contributed by atoms with Crippen LogP contribution in [0, 0.1) is 5.92 Å². The van der Waals surface area contributed by atoms with E-state index in [4.69, 9.17) is 15.4 Å². The van der Waals surface area contributed by atoms with Gasteiger partial charge in [-0.3, -0.25) is 9.59 Å². The van der Waals surface area contributed by atoms with Crippen molar-refractivity contribution in [2.75, 3.05) is 0 Å². The van der Waals surface area contributed by atoms with Crippen LogP contribution in [0.1, 0.15) is 48.8 Å². The summed E-state index contributed by atoms with van der Waals surface area (Å²) in [6.45, 7) is 1.91. The van der Waals surface area contributed by atoms with Crippen LogP contribution in [0.15, 0.2) is 17.3 Å². The van der Waals surface area contributed by atoms with Crippen LogP contribution in [0.4, 0.5) is 0 Å². The van der Waals surface area contributed by atoms with Crippen molar-refractivity contribution in [2.45, 2.75) is 45.4 Å². The van der Waals surface area contributed by atoms with Crippen LogP contribution in [-0.4, -0.2) is 33.1 Å². The third-order valence-corrected chi connectivity index (χ3v) is 4.47. The highest BCUT2D eigenvalue weighted by atomic mass is 32.1. The van der Waals surface area contributed by atoms with Gasteiger partial charge >= 0.3 is 11.9 Å². The van der Waals surface area contributed by atoms with Crippen molar-refractivity contribution in [3.05, 3.63) is 21.9 Å². The zero-order valence-electron chi connectivity index (χ0n) is 12.5. The number of nitrogens with zero attached hydrogens (tertiary/aromatic N) is 1. The van der Waals surface area contributed by atoms with Crippen molar-refractivity contribution in [1.82, 2.24) is 0 Å². The first-order chi connectivity index (χ1) is 10.4. The maximum atomic E-state index is 10.6. The van der Waals surface area contributed by atoms with Gasteiger partial charge in [-0.2, -0.15) is 0 Å². The van der Waals surface area contributed by atoms with Crippen LogP contribution >= 0.6 is 11.3 Å². The number of thiophene rings is 1. The Bertz CT molecular complexity index is 538. The molecule has 6 nitrogen and oxygen atoms in total. The molecule has 0 aliphatic heterocycles. The van der Waals surface area contributed by atoms with Crippen LogP contribution in [0.2, 0.25) is 0 Å². The Morgan fingerprint density at radius 1 is 1.23 bits per heavy atom. The molecule has 0 saturated carbocycles. The molecule has 7 heteroatoms. The fraction of sp³-hybridized carbons (Fsp3) is 0.533. The summed E-state index contributed by atoms with van der Waals surface area (Å²) in [5.41, 5.74) is 0.496. The lowest BCUT2D eigenvalue weighted by molar-refractivity contribution is -0.138. The minimum atomic E-state index is -0.864. The highest BCUT2D eigenvalue weighted by Crippen LogP contribution is 2.23. The molecule has 0 radical (unpaired) electrons. The molecule has 0 bridgehead atoms. The molecule has 1 aromatic rings. The van der Waals surface area contributed by atoms with E-state index in [1.54, 1.807) is 0 Å². The minimum Gasteiger partial charge on any atom is -0.481 e. The zero-order valence-corrected chi connectivity index (χ0v) is 13.3. The van der Waals surface area contributed by atoms with E-state index in [0.29, 0.717) is 18.6 Å². The Morgan fingerprint density at radius 2 is 1.95 bits per heavy atom. The van der Waals surface area contributed by atoms with Crippen molar-refractivity contribution in [1.29, 1.82) is 0 Å². The van der Waals surface area contributed by atoms with Gasteiger partial charge in [0, 0.05) is 17.7 Å². The highest BCUT2D eigenvalue weighted by Gasteiger charge is 2.12. The Labute approximate surface area is 133 Å². The van der Waals surface area contributed by atoms with E-state index in [1.807, 2.05) is 19.1 Å². The molecular weight excluding hydrogens is 306 g/mol. The van der Waals surface area contributed by atoms with Gasteiger partial charge in [0.05, 0.1) is 10.6 Å². The highest BCUT2D eigenvalue weighted by molar-refractivity contribution is 7.14. The molecule has 1 heterocycles. The molecule has 22 heavy (non-hydrogen) atoms. The molecule has 1 atom stereocenters. The summed E-state index contributed by atoms with van der Waals surface area (Å²) in [6.07, 6.45) is 2.63. The molecule has 3 N–H and O–H groups in total. The number of rotatable bonds is 10. The molecule has 0 unspecified atom stereocenters. The summed E-state index contributed by atoms with van der Waals surface area (Å²) in [6, 6.07) is 3.80. The summed E-state index contributed by atoms with van der Waals surface area (Å²) < 4.78 is 0. The Morgan fingerprint density at radius 3 is 2.55 bits per heavy atom. The van der Waals surface area contributed by atoms with Crippen molar-refractivity contribution in [3.63, 3.8) is 0 Å². The summed E-state index contributed by atoms with van der Waals surface area (Å²) in [5, 5.41) is 29.7. The molecule has 0 amide bonds. The molecule has 0 spiro atoms. The second-order valence-electron chi connectivity index (χ2n) is 5.30. The van der Waals surface area contributed by atoms with Crippen molar-refractivity contribution < 1.29 is 25.0 Å². The van der Waals surface area contributed by atoms with E-state index in [2.05, 4.69) is 5.16 Å². The minimum absolute atomic E-state index is 0.0456. The monoisotopic (exact) mass is 327 g/mol. The van der Waals surface area contributed by atoms with E-state index in [9.17, 15) is 9.59 Å². The fourth-order valence-corrected chi connectivity index (χ4v) is 3.12. The van der Waals surface area contributed by atoms with Crippen LogP contribution in [0.25, 0.3) is 0 Å². The van der Waals surface area contributed by atoms with E-state index >= 15 is 0 Å². The van der Waals surface area contributed by atoms with Crippen molar-refractivity contribution >= 4 is 29.0 Å². The van der Waals surface area contributed by atoms with Gasteiger partial charge in [-0.05, 0) is 43.7 Å². The normalized spacial score (nSPS) is 13.0. The van der Waals surface area contributed by atoms with Gasteiger partial charge in [0.1, 0.15) is 0 Å². The SMILES string of the molecule is C[C@H](CCc1ccc(/C(CCCC(=O)O)=N/O)s1)CC(=O)O. The third kappa shape index (κ3) is 6.71. The molecular formula is C15H21NO5S. The smallest absolute Gasteiger partial charge is 0.303 e. The third-order valence-electron chi connectivity index (χ3n) is 3.28. The molecule has 0 aliphatic carbocycles. The summed E-state index contributed by atoms with van der Waals surface area (Å²) >= 11 is 1.50. The first kappa shape index (κ1) is 18.2. The Hall–Kier alpha value is -1.89. The number of hydrogen-bond acceptors (Lipinski definition) is 5. The van der Waals surface area contributed by atoms with Crippen molar-refractivity contribution in [3.8, 4) is 0 Å². The average molecular weight is 327 g/mol. The first-order valence-corrected chi connectivity index (χ1v) is 7.97. The van der Waals surface area contributed by atoms with Gasteiger partial charge in [-0.15, -0.1) is 11.3 Å². The standard InChI is InChI=1S/C15H21NO5S/c1-10(9-15(19)20)5-6-11-7-8-13(22-11)12(16-21)3-2-4-14(17)18/h7-8,10,21H,2-6,9H2,1H3,(H,17,18)(H,19,20)/b16-12+/t10-/m1/s1. The number of aliphatic carboxylic acids is 2. The van der Waals surface area contributed by atoms with E-state index in [0.717, 1.165) is 22.6 Å². The van der Waals surface area contributed by atoms with Crippen LogP contribution in [0.3, 0.4) is 0 Å². The molecule has 0 aliphatic rings. The van der Waals surface area contributed by atoms with Gasteiger partial charge in [0.2, 0.25) is 0 Å². The molecule has 1 aromatic heterocycles. The summed E-state index contributed by atoms with van der Waals surface area (Å²) in [4.78, 5) is 23.0. The van der Waals surface area contributed by atoms with Crippen LogP contribution in [-0.2, 0) is 16.0 Å². The number of carboxylic acids is 2. The second kappa shape index (κ2) is 9.19. The number of carboxylic acid groups (broad SMARTS) is 2. The van der Waals surface area contributed by atoms with Gasteiger partial charge in [0.15, 0.2) is 0 Å². The Balaban J connectivity index is 2.51. The number of hydrogen-bond donors (Lipinski definition) is 3. The molecule has 1 rings (SSSR count). The van der Waals surface area contributed by atoms with E-state index in [-0.39, 0.29) is 18.8 Å². The maximum Gasteiger partial charge on any atom is 0.303 e. The lowest BCUT2D eigenvalue weighted by atomic mass is 10.0. The maximum absolute atomic E-state index is 10.6. The first-order valence-electron chi connectivity index (χ1n) is 7.16. The molecule has 0 fully saturated rings. The summed E-state index contributed by atoms with van der Waals surface area (Å²) in [7, 11) is 0. The van der Waals surface area contributed by atoms with Gasteiger partial charge in [-0.25, -0.2) is 0 Å². The van der Waals surface area contributed by atoms with Crippen LogP contribution < -0.4 is 0 Å². The fourth-order valence-electron chi connectivity index (χ4n) is 2.09. The van der Waals surface area contributed by atoms with E-state index in [1.165, 1.54) is 11.3 Å². The topological polar surface area (TPSA) is 107 Å².